The molecule has 0 radical (unpaired) electrons. The highest BCUT2D eigenvalue weighted by Crippen LogP contribution is 2.27. The van der Waals surface area contributed by atoms with Crippen LogP contribution in [0.25, 0.3) is 27.7 Å². The van der Waals surface area contributed by atoms with E-state index in [0.717, 1.165) is 11.3 Å². The fraction of sp³-hybridized carbons (Fsp3) is 0.0476. The molecule has 1 aliphatic rings. The minimum absolute atomic E-state index is 0.0814. The van der Waals surface area contributed by atoms with Gasteiger partial charge >= 0.3 is 0 Å². The number of amides is 2. The molecule has 0 atom stereocenters. The van der Waals surface area contributed by atoms with Gasteiger partial charge in [0.05, 0.1) is 23.4 Å². The average Bonchev–Trinajstić information content (AvgIpc) is 3.56. The third kappa shape index (κ3) is 2.76. The molecular formula is C21H13N7O2S. The fourth-order valence-corrected chi connectivity index (χ4v) is 4.42. The third-order valence-corrected chi connectivity index (χ3v) is 5.98. The molecule has 0 aliphatic carbocycles. The summed E-state index contributed by atoms with van der Waals surface area (Å²) < 4.78 is 1.60. The van der Waals surface area contributed by atoms with Crippen molar-refractivity contribution < 1.29 is 9.59 Å². The van der Waals surface area contributed by atoms with Crippen molar-refractivity contribution in [2.45, 2.75) is 6.54 Å². The lowest BCUT2D eigenvalue weighted by Gasteiger charge is -2.10. The number of aromatic nitrogens is 6. The first kappa shape index (κ1) is 17.7. The van der Waals surface area contributed by atoms with Crippen LogP contribution in [0.15, 0.2) is 60.7 Å². The van der Waals surface area contributed by atoms with Gasteiger partial charge in [-0.2, -0.15) is 14.7 Å². The Hall–Kier alpha value is -4.18. The lowest BCUT2D eigenvalue weighted by molar-refractivity contribution is 0.0642. The minimum atomic E-state index is -0.312. The highest BCUT2D eigenvalue weighted by atomic mass is 32.1. The van der Waals surface area contributed by atoms with Crippen LogP contribution in [0.3, 0.4) is 0 Å². The second kappa shape index (κ2) is 6.67. The van der Waals surface area contributed by atoms with Gasteiger partial charge in [0.1, 0.15) is 10.7 Å². The number of imide groups is 1. The summed E-state index contributed by atoms with van der Waals surface area (Å²) in [6, 6.07) is 18.5. The maximum Gasteiger partial charge on any atom is 0.261 e. The van der Waals surface area contributed by atoms with E-state index in [4.69, 9.17) is 0 Å². The molecule has 2 amide bonds. The van der Waals surface area contributed by atoms with Gasteiger partial charge in [-0.05, 0) is 18.2 Å². The number of hydrogen-bond acceptors (Lipinski definition) is 7. The second-order valence-electron chi connectivity index (χ2n) is 6.99. The predicted molar refractivity (Wildman–Crippen MR) is 112 cm³/mol. The van der Waals surface area contributed by atoms with E-state index in [0.29, 0.717) is 32.6 Å². The molecule has 0 bridgehead atoms. The Morgan fingerprint density at radius 2 is 1.61 bits per heavy atom. The van der Waals surface area contributed by atoms with E-state index in [1.807, 2.05) is 36.4 Å². The molecule has 1 N–H and O–H groups in total. The zero-order valence-corrected chi connectivity index (χ0v) is 16.7. The summed E-state index contributed by atoms with van der Waals surface area (Å²) in [7, 11) is 0. The average molecular weight is 427 g/mol. The topological polar surface area (TPSA) is 109 Å². The van der Waals surface area contributed by atoms with Gasteiger partial charge in [0.15, 0.2) is 0 Å². The first-order chi connectivity index (χ1) is 15.2. The summed E-state index contributed by atoms with van der Waals surface area (Å²) in [5, 5.41) is 20.9. The zero-order valence-electron chi connectivity index (χ0n) is 15.9. The number of fused-ring (bicyclic) bond motifs is 2. The van der Waals surface area contributed by atoms with Gasteiger partial charge < -0.3 is 0 Å². The van der Waals surface area contributed by atoms with E-state index < -0.39 is 0 Å². The molecule has 0 saturated heterocycles. The molecule has 150 valence electrons. The van der Waals surface area contributed by atoms with Gasteiger partial charge in [-0.1, -0.05) is 53.8 Å². The molecule has 0 fully saturated rings. The number of benzene rings is 2. The van der Waals surface area contributed by atoms with Crippen LogP contribution in [0.2, 0.25) is 0 Å². The molecule has 0 saturated carbocycles. The van der Waals surface area contributed by atoms with Crippen LogP contribution in [0.1, 0.15) is 25.7 Å². The standard InChI is InChI=1S/C21H13N7O2S/c29-19-13-8-4-5-9-14(13)20(30)27(19)11-17-26-28-18(24-25-21(28)31-17)16-10-15(22-23-16)12-6-2-1-3-7-12/h1-10H,11H2,(H,22,23). The summed E-state index contributed by atoms with van der Waals surface area (Å²) in [5.74, 6) is -0.115. The summed E-state index contributed by atoms with van der Waals surface area (Å²) in [6.07, 6.45) is 0. The number of carbonyl (C=O) groups is 2. The minimum Gasteiger partial charge on any atom is -0.274 e. The maximum atomic E-state index is 12.6. The van der Waals surface area contributed by atoms with Crippen LogP contribution < -0.4 is 0 Å². The van der Waals surface area contributed by atoms with Gasteiger partial charge in [0.25, 0.3) is 11.8 Å². The summed E-state index contributed by atoms with van der Waals surface area (Å²) in [4.78, 5) is 27.0. The van der Waals surface area contributed by atoms with Crippen LogP contribution in [0.5, 0.6) is 0 Å². The lowest BCUT2D eigenvalue weighted by atomic mass is 10.1. The number of H-pyrrole nitrogens is 1. The first-order valence-corrected chi connectivity index (χ1v) is 10.3. The Morgan fingerprint density at radius 1 is 0.903 bits per heavy atom. The molecule has 2 aromatic carbocycles. The molecule has 9 nitrogen and oxygen atoms in total. The van der Waals surface area contributed by atoms with E-state index in [1.54, 1.807) is 28.8 Å². The van der Waals surface area contributed by atoms with Crippen LogP contribution in [-0.2, 0) is 6.54 Å². The number of hydrogen-bond donors (Lipinski definition) is 1. The summed E-state index contributed by atoms with van der Waals surface area (Å²) >= 11 is 1.28. The SMILES string of the molecule is O=C1c2ccccc2C(=O)N1Cc1nn2c(-c3cc(-c4ccccc4)n[nH]3)nnc2s1. The van der Waals surface area contributed by atoms with Gasteiger partial charge in [-0.15, -0.1) is 10.2 Å². The van der Waals surface area contributed by atoms with Crippen molar-refractivity contribution in [3.8, 4) is 22.8 Å². The van der Waals surface area contributed by atoms with Crippen molar-refractivity contribution in [1.82, 2.24) is 34.9 Å². The maximum absolute atomic E-state index is 12.6. The van der Waals surface area contributed by atoms with Gasteiger partial charge in [0.2, 0.25) is 10.8 Å². The monoisotopic (exact) mass is 427 g/mol. The van der Waals surface area contributed by atoms with E-state index >= 15 is 0 Å². The van der Waals surface area contributed by atoms with E-state index in [-0.39, 0.29) is 18.4 Å². The van der Waals surface area contributed by atoms with Crippen molar-refractivity contribution in [2.24, 2.45) is 0 Å². The van der Waals surface area contributed by atoms with Crippen molar-refractivity contribution >= 4 is 28.1 Å². The molecule has 0 spiro atoms. The molecular weight excluding hydrogens is 414 g/mol. The zero-order chi connectivity index (χ0) is 20.9. The number of nitrogens with zero attached hydrogens (tertiary/aromatic N) is 6. The quantitative estimate of drug-likeness (QED) is 0.442. The van der Waals surface area contributed by atoms with Crippen LogP contribution in [0.4, 0.5) is 0 Å². The molecule has 4 heterocycles. The normalized spacial score (nSPS) is 13.4. The number of nitrogens with one attached hydrogen (secondary N) is 1. The van der Waals surface area contributed by atoms with Crippen molar-refractivity contribution in [3.63, 3.8) is 0 Å². The Balaban J connectivity index is 1.31. The first-order valence-electron chi connectivity index (χ1n) is 9.46. The third-order valence-electron chi connectivity index (χ3n) is 5.09. The molecule has 0 unspecified atom stereocenters. The Bertz CT molecular complexity index is 1430. The second-order valence-corrected chi connectivity index (χ2v) is 8.03. The van der Waals surface area contributed by atoms with E-state index in [2.05, 4.69) is 25.5 Å². The molecule has 6 rings (SSSR count). The van der Waals surface area contributed by atoms with E-state index in [1.165, 1.54) is 16.2 Å². The van der Waals surface area contributed by atoms with Gasteiger partial charge in [-0.3, -0.25) is 19.6 Å². The molecule has 10 heteroatoms. The highest BCUT2D eigenvalue weighted by Gasteiger charge is 2.35. The van der Waals surface area contributed by atoms with Crippen molar-refractivity contribution in [2.75, 3.05) is 0 Å². The van der Waals surface area contributed by atoms with Crippen LogP contribution >= 0.6 is 11.3 Å². The summed E-state index contributed by atoms with van der Waals surface area (Å²) in [6.45, 7) is 0.0814. The molecule has 5 aromatic rings. The largest absolute Gasteiger partial charge is 0.274 e. The van der Waals surface area contributed by atoms with Crippen molar-refractivity contribution in [3.05, 3.63) is 76.8 Å². The predicted octanol–water partition coefficient (Wildman–Crippen LogP) is 3.04. The van der Waals surface area contributed by atoms with Crippen LogP contribution in [-0.4, -0.2) is 46.7 Å². The van der Waals surface area contributed by atoms with Crippen molar-refractivity contribution in [1.29, 1.82) is 0 Å². The van der Waals surface area contributed by atoms with E-state index in [9.17, 15) is 9.59 Å². The van der Waals surface area contributed by atoms with Gasteiger partial charge in [-0.25, -0.2) is 0 Å². The smallest absolute Gasteiger partial charge is 0.261 e. The Morgan fingerprint density at radius 3 is 2.35 bits per heavy atom. The number of rotatable bonds is 4. The van der Waals surface area contributed by atoms with Gasteiger partial charge in [0, 0.05) is 5.56 Å². The molecule has 31 heavy (non-hydrogen) atoms. The Labute approximate surface area is 179 Å². The molecule has 3 aromatic heterocycles. The molecule has 1 aliphatic heterocycles. The van der Waals surface area contributed by atoms with Crippen LogP contribution in [0, 0.1) is 0 Å². The highest BCUT2D eigenvalue weighted by molar-refractivity contribution is 7.16. The number of carbonyl (C=O) groups excluding carboxylic acids is 2. The fourth-order valence-electron chi connectivity index (χ4n) is 3.60. The summed E-state index contributed by atoms with van der Waals surface area (Å²) in [5.41, 5.74) is 3.28. The lowest BCUT2D eigenvalue weighted by Crippen LogP contribution is -2.29. The Kier molecular flexibility index (Phi) is 3.80. The number of aromatic amines is 1.